The Kier molecular flexibility index (Phi) is 4.54. The van der Waals surface area contributed by atoms with Crippen LogP contribution in [0.3, 0.4) is 0 Å². The molecule has 1 N–H and O–H groups in total. The summed E-state index contributed by atoms with van der Waals surface area (Å²) in [6.45, 7) is 0.502. The molecule has 1 aliphatic rings. The van der Waals surface area contributed by atoms with E-state index in [-0.39, 0.29) is 18.0 Å². The number of nitrogens with one attached hydrogen (secondary N) is 1. The smallest absolute Gasteiger partial charge is 0.339 e. The summed E-state index contributed by atoms with van der Waals surface area (Å²) in [6.07, 6.45) is 0.248. The third-order valence-corrected chi connectivity index (χ3v) is 5.29. The number of hydrogen-bond donors (Lipinski definition) is 1. The highest BCUT2D eigenvalue weighted by molar-refractivity contribution is 7.09. The number of carbonyl (C=O) groups excluding carboxylic acids is 2. The van der Waals surface area contributed by atoms with E-state index in [2.05, 4.69) is 5.32 Å². The zero-order valence-electron chi connectivity index (χ0n) is 14.0. The predicted octanol–water partition coefficient (Wildman–Crippen LogP) is 4.13. The molecule has 26 heavy (non-hydrogen) atoms. The largest absolute Gasteiger partial charge is 0.454 e. The third kappa shape index (κ3) is 3.39. The number of cyclic esters (lactones) is 1. The third-order valence-electron chi connectivity index (χ3n) is 4.42. The summed E-state index contributed by atoms with van der Waals surface area (Å²) in [4.78, 5) is 25.8. The molecule has 130 valence electrons. The van der Waals surface area contributed by atoms with Crippen molar-refractivity contribution in [3.8, 4) is 0 Å². The molecule has 1 aromatic heterocycles. The van der Waals surface area contributed by atoms with Crippen molar-refractivity contribution in [2.75, 3.05) is 0 Å². The van der Waals surface area contributed by atoms with Gasteiger partial charge >= 0.3 is 5.97 Å². The van der Waals surface area contributed by atoms with Crippen LogP contribution in [0.4, 0.5) is 0 Å². The molecular weight excluding hydrogens is 346 g/mol. The molecule has 4 nitrogen and oxygen atoms in total. The van der Waals surface area contributed by atoms with Gasteiger partial charge in [0.1, 0.15) is 6.10 Å². The molecule has 2 aromatic carbocycles. The summed E-state index contributed by atoms with van der Waals surface area (Å²) in [5.74, 6) is -0.484. The summed E-state index contributed by atoms with van der Waals surface area (Å²) in [5, 5.41) is 4.90. The molecular formula is C21H17NO3S. The highest BCUT2D eigenvalue weighted by atomic mass is 32.1. The summed E-state index contributed by atoms with van der Waals surface area (Å²) in [7, 11) is 0. The van der Waals surface area contributed by atoms with Crippen LogP contribution in [0.5, 0.6) is 0 Å². The Labute approximate surface area is 155 Å². The molecule has 0 saturated heterocycles. The van der Waals surface area contributed by atoms with Gasteiger partial charge in [-0.2, -0.15) is 0 Å². The number of rotatable bonds is 4. The van der Waals surface area contributed by atoms with Crippen molar-refractivity contribution in [1.29, 1.82) is 0 Å². The number of amides is 1. The number of fused-ring (bicyclic) bond motifs is 1. The molecule has 0 spiro atoms. The van der Waals surface area contributed by atoms with E-state index in [4.69, 9.17) is 4.74 Å². The maximum Gasteiger partial charge on any atom is 0.339 e. The molecule has 2 heterocycles. The van der Waals surface area contributed by atoms with Crippen molar-refractivity contribution in [1.82, 2.24) is 5.32 Å². The zero-order valence-corrected chi connectivity index (χ0v) is 14.8. The van der Waals surface area contributed by atoms with Crippen LogP contribution < -0.4 is 5.32 Å². The van der Waals surface area contributed by atoms with Gasteiger partial charge in [0.05, 0.1) is 12.1 Å². The molecule has 4 rings (SSSR count). The zero-order chi connectivity index (χ0) is 17.9. The number of carbonyl (C=O) groups is 2. The minimum Gasteiger partial charge on any atom is -0.454 e. The maximum absolute atomic E-state index is 12.4. The first-order valence-electron chi connectivity index (χ1n) is 8.40. The Balaban J connectivity index is 1.54. The first-order valence-corrected chi connectivity index (χ1v) is 9.28. The fourth-order valence-corrected chi connectivity index (χ4v) is 3.72. The van der Waals surface area contributed by atoms with Crippen molar-refractivity contribution in [2.45, 2.75) is 19.1 Å². The molecule has 0 fully saturated rings. The number of benzene rings is 2. The number of esters is 1. The van der Waals surface area contributed by atoms with E-state index in [0.29, 0.717) is 24.1 Å². The molecule has 1 aliphatic heterocycles. The molecule has 0 bridgehead atoms. The summed E-state index contributed by atoms with van der Waals surface area (Å²) in [5.41, 5.74) is 2.90. The molecule has 0 unspecified atom stereocenters. The Bertz CT molecular complexity index is 935. The second kappa shape index (κ2) is 7.14. The Morgan fingerprint density at radius 1 is 1.12 bits per heavy atom. The van der Waals surface area contributed by atoms with Gasteiger partial charge in [-0.05, 0) is 40.8 Å². The van der Waals surface area contributed by atoms with Crippen LogP contribution in [0.25, 0.3) is 0 Å². The standard InChI is InChI=1S/C21H17NO3S/c23-20(22-13-17-7-4-10-26-17)15-8-9-18-16(11-15)12-19(25-21(18)24)14-5-2-1-3-6-14/h1-11,19H,12-13H2,(H,22,23)/t19-/m1/s1. The molecule has 5 heteroatoms. The van der Waals surface area contributed by atoms with Crippen molar-refractivity contribution in [3.05, 3.63) is 93.2 Å². The molecule has 0 saturated carbocycles. The van der Waals surface area contributed by atoms with Crippen LogP contribution in [0, 0.1) is 0 Å². The highest BCUT2D eigenvalue weighted by Gasteiger charge is 2.28. The van der Waals surface area contributed by atoms with E-state index in [1.54, 1.807) is 29.5 Å². The minimum atomic E-state index is -0.342. The minimum absolute atomic E-state index is 0.142. The summed E-state index contributed by atoms with van der Waals surface area (Å²) < 4.78 is 5.56. The molecule has 0 radical (unpaired) electrons. The average molecular weight is 363 g/mol. The Hall–Kier alpha value is -2.92. The fourth-order valence-electron chi connectivity index (χ4n) is 3.07. The molecule has 1 amide bonds. The van der Waals surface area contributed by atoms with Gasteiger partial charge in [-0.15, -0.1) is 11.3 Å². The second-order valence-electron chi connectivity index (χ2n) is 6.14. The summed E-state index contributed by atoms with van der Waals surface area (Å²) in [6, 6.07) is 18.8. The van der Waals surface area contributed by atoms with Crippen molar-refractivity contribution >= 4 is 23.2 Å². The van der Waals surface area contributed by atoms with Crippen LogP contribution in [0.2, 0.25) is 0 Å². The highest BCUT2D eigenvalue weighted by Crippen LogP contribution is 2.31. The predicted molar refractivity (Wildman–Crippen MR) is 100 cm³/mol. The van der Waals surface area contributed by atoms with E-state index in [9.17, 15) is 9.59 Å². The number of thiophene rings is 1. The van der Waals surface area contributed by atoms with Crippen molar-refractivity contribution < 1.29 is 14.3 Å². The van der Waals surface area contributed by atoms with Gasteiger partial charge in [0, 0.05) is 16.9 Å². The van der Waals surface area contributed by atoms with E-state index in [1.165, 1.54) is 0 Å². The molecule has 0 aliphatic carbocycles. The maximum atomic E-state index is 12.4. The lowest BCUT2D eigenvalue weighted by Crippen LogP contribution is -2.25. The van der Waals surface area contributed by atoms with Gasteiger partial charge < -0.3 is 10.1 Å². The normalized spacial score (nSPS) is 15.8. The number of hydrogen-bond acceptors (Lipinski definition) is 4. The second-order valence-corrected chi connectivity index (χ2v) is 7.17. The lowest BCUT2D eigenvalue weighted by Gasteiger charge is -2.25. The van der Waals surface area contributed by atoms with Crippen molar-refractivity contribution in [2.24, 2.45) is 0 Å². The molecule has 1 atom stereocenters. The first kappa shape index (κ1) is 16.5. The van der Waals surface area contributed by atoms with E-state index in [1.807, 2.05) is 47.8 Å². The first-order chi connectivity index (χ1) is 12.7. The van der Waals surface area contributed by atoms with Gasteiger partial charge in [-0.3, -0.25) is 4.79 Å². The Morgan fingerprint density at radius 2 is 1.96 bits per heavy atom. The van der Waals surface area contributed by atoms with Gasteiger partial charge in [-0.1, -0.05) is 36.4 Å². The number of ether oxygens (including phenoxy) is 1. The lowest BCUT2D eigenvalue weighted by molar-refractivity contribution is 0.0252. The van der Waals surface area contributed by atoms with Gasteiger partial charge in [0.25, 0.3) is 5.91 Å². The fraction of sp³-hybridized carbons (Fsp3) is 0.143. The van der Waals surface area contributed by atoms with Gasteiger partial charge in [0.2, 0.25) is 0 Å². The summed E-state index contributed by atoms with van der Waals surface area (Å²) >= 11 is 1.61. The van der Waals surface area contributed by atoms with Crippen LogP contribution in [0.1, 0.15) is 42.8 Å². The topological polar surface area (TPSA) is 55.4 Å². The van der Waals surface area contributed by atoms with E-state index in [0.717, 1.165) is 16.0 Å². The van der Waals surface area contributed by atoms with Gasteiger partial charge in [-0.25, -0.2) is 4.79 Å². The van der Waals surface area contributed by atoms with Crippen LogP contribution in [-0.2, 0) is 17.7 Å². The average Bonchev–Trinajstić information content (AvgIpc) is 3.20. The lowest BCUT2D eigenvalue weighted by atomic mass is 9.93. The Morgan fingerprint density at radius 3 is 2.73 bits per heavy atom. The molecule has 3 aromatic rings. The van der Waals surface area contributed by atoms with E-state index < -0.39 is 0 Å². The van der Waals surface area contributed by atoms with E-state index >= 15 is 0 Å². The van der Waals surface area contributed by atoms with Crippen LogP contribution in [0.15, 0.2) is 66.0 Å². The SMILES string of the molecule is O=C(NCc1cccs1)c1ccc2c(c1)C[C@H](c1ccccc1)OC2=O. The van der Waals surface area contributed by atoms with Crippen LogP contribution >= 0.6 is 11.3 Å². The van der Waals surface area contributed by atoms with Crippen molar-refractivity contribution in [3.63, 3.8) is 0 Å². The quantitative estimate of drug-likeness (QED) is 0.709. The van der Waals surface area contributed by atoms with Crippen LogP contribution in [-0.4, -0.2) is 11.9 Å². The van der Waals surface area contributed by atoms with Gasteiger partial charge in [0.15, 0.2) is 0 Å². The monoisotopic (exact) mass is 363 g/mol.